The minimum Gasteiger partial charge on any atom is -0.496 e. The van der Waals surface area contributed by atoms with Crippen LogP contribution in [0.15, 0.2) is 54.0 Å². The Hall–Kier alpha value is -1.80. The van der Waals surface area contributed by atoms with Gasteiger partial charge in [0, 0.05) is 11.4 Å². The standard InChI is InChI=1S/C20H18Br2N4O4S3/c1-29-15-5-3-11(7-13(15)21)23-17(27)9-31-19-25-26-20(33-19)32-10-18(28)24-12-4-6-16(30-2)14(22)8-12/h3-8H,9-10H2,1-2H3,(H,23,27)(H,24,28). The first-order valence-electron chi connectivity index (χ1n) is 9.24. The number of hydrogen-bond donors (Lipinski definition) is 2. The van der Waals surface area contributed by atoms with Gasteiger partial charge in [-0.1, -0.05) is 34.9 Å². The quantitative estimate of drug-likeness (QED) is 0.281. The highest BCUT2D eigenvalue weighted by Gasteiger charge is 2.12. The van der Waals surface area contributed by atoms with Crippen molar-refractivity contribution < 1.29 is 19.1 Å². The van der Waals surface area contributed by atoms with Crippen molar-refractivity contribution in [3.8, 4) is 11.5 Å². The summed E-state index contributed by atoms with van der Waals surface area (Å²) in [5, 5.41) is 13.8. The van der Waals surface area contributed by atoms with E-state index < -0.39 is 0 Å². The molecule has 0 bridgehead atoms. The summed E-state index contributed by atoms with van der Waals surface area (Å²) in [5.74, 6) is 1.43. The van der Waals surface area contributed by atoms with Gasteiger partial charge >= 0.3 is 0 Å². The molecule has 8 nitrogen and oxygen atoms in total. The van der Waals surface area contributed by atoms with Gasteiger partial charge in [-0.3, -0.25) is 9.59 Å². The van der Waals surface area contributed by atoms with Crippen LogP contribution >= 0.6 is 66.7 Å². The summed E-state index contributed by atoms with van der Waals surface area (Å²) < 4.78 is 13.2. The lowest BCUT2D eigenvalue weighted by Gasteiger charge is -2.07. The maximum Gasteiger partial charge on any atom is 0.234 e. The molecule has 2 amide bonds. The molecule has 33 heavy (non-hydrogen) atoms. The van der Waals surface area contributed by atoms with Crippen molar-refractivity contribution >= 4 is 89.9 Å². The van der Waals surface area contributed by atoms with Gasteiger partial charge in [-0.15, -0.1) is 10.2 Å². The van der Waals surface area contributed by atoms with Gasteiger partial charge in [0.15, 0.2) is 8.68 Å². The van der Waals surface area contributed by atoms with Crippen LogP contribution in [0.3, 0.4) is 0 Å². The first-order valence-corrected chi connectivity index (χ1v) is 13.6. The van der Waals surface area contributed by atoms with Crippen molar-refractivity contribution in [2.75, 3.05) is 36.4 Å². The molecule has 13 heteroatoms. The van der Waals surface area contributed by atoms with Crippen molar-refractivity contribution in [1.82, 2.24) is 10.2 Å². The van der Waals surface area contributed by atoms with Crippen molar-refractivity contribution in [2.24, 2.45) is 0 Å². The number of benzene rings is 2. The molecule has 0 spiro atoms. The lowest BCUT2D eigenvalue weighted by molar-refractivity contribution is -0.114. The van der Waals surface area contributed by atoms with Gasteiger partial charge in [0.05, 0.1) is 34.7 Å². The van der Waals surface area contributed by atoms with E-state index in [2.05, 4.69) is 52.7 Å². The number of aromatic nitrogens is 2. The summed E-state index contributed by atoms with van der Waals surface area (Å²) in [6, 6.07) is 10.6. The second-order valence-electron chi connectivity index (χ2n) is 6.21. The number of amides is 2. The molecule has 1 heterocycles. The molecule has 2 N–H and O–H groups in total. The van der Waals surface area contributed by atoms with Gasteiger partial charge in [-0.25, -0.2) is 0 Å². The number of ether oxygens (including phenoxy) is 2. The Morgan fingerprint density at radius 3 is 1.64 bits per heavy atom. The number of nitrogens with one attached hydrogen (secondary N) is 2. The highest BCUT2D eigenvalue weighted by atomic mass is 79.9. The molecule has 0 fully saturated rings. The molecular formula is C20H18Br2N4O4S3. The monoisotopic (exact) mass is 632 g/mol. The Morgan fingerprint density at radius 1 is 0.848 bits per heavy atom. The predicted octanol–water partition coefficient (Wildman–Crippen LogP) is 5.54. The highest BCUT2D eigenvalue weighted by Crippen LogP contribution is 2.31. The summed E-state index contributed by atoms with van der Waals surface area (Å²) in [7, 11) is 3.16. The van der Waals surface area contributed by atoms with Crippen molar-refractivity contribution in [1.29, 1.82) is 0 Å². The van der Waals surface area contributed by atoms with E-state index in [1.165, 1.54) is 34.9 Å². The molecule has 0 saturated carbocycles. The molecule has 2 aromatic carbocycles. The molecule has 0 aliphatic heterocycles. The Labute approximate surface area is 219 Å². The molecule has 174 valence electrons. The average Bonchev–Trinajstić information content (AvgIpc) is 3.24. The van der Waals surface area contributed by atoms with Crippen molar-refractivity contribution in [3.63, 3.8) is 0 Å². The van der Waals surface area contributed by atoms with Crippen LogP contribution in [0.25, 0.3) is 0 Å². The Balaban J connectivity index is 1.43. The third-order valence-corrected chi connectivity index (χ3v) is 8.34. The Morgan fingerprint density at radius 2 is 1.27 bits per heavy atom. The number of carbonyl (C=O) groups is 2. The van der Waals surface area contributed by atoms with E-state index in [0.29, 0.717) is 31.6 Å². The average molecular weight is 634 g/mol. The van der Waals surface area contributed by atoms with Crippen LogP contribution in [-0.2, 0) is 9.59 Å². The van der Waals surface area contributed by atoms with Crippen LogP contribution in [0.5, 0.6) is 11.5 Å². The van der Waals surface area contributed by atoms with E-state index in [-0.39, 0.29) is 23.3 Å². The van der Waals surface area contributed by atoms with Crippen molar-refractivity contribution in [3.05, 3.63) is 45.3 Å². The van der Waals surface area contributed by atoms with Gasteiger partial charge in [-0.05, 0) is 68.3 Å². The number of rotatable bonds is 10. The third-order valence-electron chi connectivity index (χ3n) is 3.91. The normalized spacial score (nSPS) is 10.5. The van der Waals surface area contributed by atoms with Crippen LogP contribution in [0.1, 0.15) is 0 Å². The fourth-order valence-corrected chi connectivity index (χ4v) is 6.15. The largest absolute Gasteiger partial charge is 0.496 e. The van der Waals surface area contributed by atoms with Crippen LogP contribution in [0.2, 0.25) is 0 Å². The Bertz CT molecular complexity index is 1060. The molecule has 0 aliphatic rings. The summed E-state index contributed by atoms with van der Waals surface area (Å²) in [4.78, 5) is 24.4. The van der Waals surface area contributed by atoms with Crippen LogP contribution in [0.4, 0.5) is 11.4 Å². The minimum atomic E-state index is -0.161. The zero-order chi connectivity index (χ0) is 23.8. The predicted molar refractivity (Wildman–Crippen MR) is 140 cm³/mol. The van der Waals surface area contributed by atoms with E-state index in [4.69, 9.17) is 9.47 Å². The molecule has 3 aromatic rings. The summed E-state index contributed by atoms with van der Waals surface area (Å²) in [6.45, 7) is 0. The molecule has 0 atom stereocenters. The number of carbonyl (C=O) groups excluding carboxylic acids is 2. The SMILES string of the molecule is COc1ccc(NC(=O)CSc2nnc(SCC(=O)Nc3ccc(OC)c(Br)c3)s2)cc1Br. The lowest BCUT2D eigenvalue weighted by Crippen LogP contribution is -2.13. The van der Waals surface area contributed by atoms with Crippen LogP contribution in [0, 0.1) is 0 Å². The maximum absolute atomic E-state index is 12.2. The smallest absolute Gasteiger partial charge is 0.234 e. The maximum atomic E-state index is 12.2. The number of halogens is 2. The lowest BCUT2D eigenvalue weighted by atomic mass is 10.3. The number of methoxy groups -OCH3 is 2. The molecule has 0 radical (unpaired) electrons. The fourth-order valence-electron chi connectivity index (χ4n) is 2.45. The van der Waals surface area contributed by atoms with E-state index in [0.717, 1.165) is 8.95 Å². The molecule has 3 rings (SSSR count). The second kappa shape index (κ2) is 12.6. The first kappa shape index (κ1) is 25.8. The molecule has 0 unspecified atom stereocenters. The number of hydrogen-bond acceptors (Lipinski definition) is 9. The van der Waals surface area contributed by atoms with E-state index in [9.17, 15) is 9.59 Å². The van der Waals surface area contributed by atoms with Crippen LogP contribution < -0.4 is 20.1 Å². The van der Waals surface area contributed by atoms with Crippen molar-refractivity contribution in [2.45, 2.75) is 8.68 Å². The summed E-state index contributed by atoms with van der Waals surface area (Å²) in [6.07, 6.45) is 0. The number of nitrogens with zero attached hydrogens (tertiary/aromatic N) is 2. The topological polar surface area (TPSA) is 102 Å². The van der Waals surface area contributed by atoms with Gasteiger partial charge in [-0.2, -0.15) is 0 Å². The van der Waals surface area contributed by atoms with Gasteiger partial charge in [0.1, 0.15) is 11.5 Å². The van der Waals surface area contributed by atoms with Gasteiger partial charge < -0.3 is 20.1 Å². The molecule has 0 saturated heterocycles. The van der Waals surface area contributed by atoms with Gasteiger partial charge in [0.2, 0.25) is 11.8 Å². The zero-order valence-corrected chi connectivity index (χ0v) is 23.0. The van der Waals surface area contributed by atoms with E-state index in [1.807, 2.05) is 0 Å². The molecule has 1 aromatic heterocycles. The highest BCUT2D eigenvalue weighted by molar-refractivity contribution is 9.11. The van der Waals surface area contributed by atoms with E-state index in [1.54, 1.807) is 50.6 Å². The first-order chi connectivity index (χ1) is 15.9. The molecule has 0 aliphatic carbocycles. The molecular weight excluding hydrogens is 616 g/mol. The fraction of sp³-hybridized carbons (Fsp3) is 0.200. The minimum absolute atomic E-state index is 0.161. The summed E-state index contributed by atoms with van der Waals surface area (Å²) in [5.41, 5.74) is 1.33. The second-order valence-corrected chi connectivity index (χ2v) is 11.3. The number of thioether (sulfide) groups is 2. The van der Waals surface area contributed by atoms with Gasteiger partial charge in [0.25, 0.3) is 0 Å². The van der Waals surface area contributed by atoms with Crippen LogP contribution in [-0.4, -0.2) is 47.7 Å². The van der Waals surface area contributed by atoms with E-state index >= 15 is 0 Å². The zero-order valence-electron chi connectivity index (χ0n) is 17.4. The Kier molecular flexibility index (Phi) is 9.86. The third kappa shape index (κ3) is 7.88. The number of anilines is 2. The summed E-state index contributed by atoms with van der Waals surface area (Å²) >= 11 is 10.7.